The number of nitrogens with zero attached hydrogens (tertiary/aromatic N) is 3. The first kappa shape index (κ1) is 17.2. The van der Waals surface area contributed by atoms with Crippen molar-refractivity contribution in [1.82, 2.24) is 14.9 Å². The Kier molecular flexibility index (Phi) is 5.13. The van der Waals surface area contributed by atoms with Crippen molar-refractivity contribution in [1.29, 1.82) is 0 Å². The van der Waals surface area contributed by atoms with Crippen LogP contribution in [0.1, 0.15) is 0 Å². The Labute approximate surface area is 149 Å². The predicted molar refractivity (Wildman–Crippen MR) is 96.3 cm³/mol. The van der Waals surface area contributed by atoms with Gasteiger partial charge in [-0.25, -0.2) is 9.78 Å². The van der Waals surface area contributed by atoms with Crippen LogP contribution >= 0.6 is 11.8 Å². The van der Waals surface area contributed by atoms with E-state index in [1.165, 1.54) is 4.90 Å². The maximum absolute atomic E-state index is 12.0. The molecule has 2 heterocycles. The number of imidazole rings is 1. The van der Waals surface area contributed by atoms with E-state index in [0.717, 1.165) is 5.16 Å². The van der Waals surface area contributed by atoms with Gasteiger partial charge in [0.05, 0.1) is 5.69 Å². The van der Waals surface area contributed by atoms with Gasteiger partial charge in [-0.2, -0.15) is 0 Å². The molecule has 132 valence electrons. The number of carbonyl (C=O) groups is 2. The van der Waals surface area contributed by atoms with Crippen LogP contribution in [0.3, 0.4) is 0 Å². The molecule has 0 fully saturated rings. The minimum atomic E-state index is -0.300. The highest BCUT2D eigenvalue weighted by Gasteiger charge is 2.22. The fourth-order valence-electron chi connectivity index (χ4n) is 2.32. The monoisotopic (exact) mass is 361 g/mol. The Hall–Kier alpha value is -2.68. The molecule has 1 aliphatic heterocycles. The van der Waals surface area contributed by atoms with Crippen molar-refractivity contribution in [3.63, 3.8) is 0 Å². The number of hydrogen-bond donors (Lipinski definition) is 2. The number of thioether (sulfide) groups is 1. The molecule has 1 aromatic heterocycles. The summed E-state index contributed by atoms with van der Waals surface area (Å²) in [6.07, 6.45) is 3.62. The third kappa shape index (κ3) is 4.05. The molecule has 8 nitrogen and oxygen atoms in total. The first-order chi connectivity index (χ1) is 12.0. The highest BCUT2D eigenvalue weighted by Crippen LogP contribution is 2.33. The lowest BCUT2D eigenvalue weighted by molar-refractivity contribution is -0.120. The number of carbonyl (C=O) groups excluding carboxylic acids is 2. The van der Waals surface area contributed by atoms with Crippen LogP contribution in [0, 0.1) is 0 Å². The van der Waals surface area contributed by atoms with Crippen LogP contribution in [0.15, 0.2) is 35.7 Å². The summed E-state index contributed by atoms with van der Waals surface area (Å²) in [6, 6.07) is 4.90. The van der Waals surface area contributed by atoms with Crippen LogP contribution in [0.5, 0.6) is 5.75 Å². The molecule has 0 spiro atoms. The van der Waals surface area contributed by atoms with Gasteiger partial charge in [-0.3, -0.25) is 4.79 Å². The molecule has 3 rings (SSSR count). The maximum atomic E-state index is 12.0. The Morgan fingerprint density at radius 2 is 2.24 bits per heavy atom. The summed E-state index contributed by atoms with van der Waals surface area (Å²) in [5.74, 6) is 1.22. The van der Waals surface area contributed by atoms with E-state index >= 15 is 0 Å². The molecule has 0 atom stereocenters. The van der Waals surface area contributed by atoms with Crippen molar-refractivity contribution in [2.45, 2.75) is 5.16 Å². The summed E-state index contributed by atoms with van der Waals surface area (Å²) in [4.78, 5) is 29.4. The van der Waals surface area contributed by atoms with E-state index in [1.807, 2.05) is 17.8 Å². The predicted octanol–water partition coefficient (Wildman–Crippen LogP) is 1.69. The molecular weight excluding hydrogens is 342 g/mol. The van der Waals surface area contributed by atoms with E-state index in [9.17, 15) is 9.59 Å². The van der Waals surface area contributed by atoms with Crippen molar-refractivity contribution in [2.75, 3.05) is 36.2 Å². The van der Waals surface area contributed by atoms with E-state index in [4.69, 9.17) is 4.74 Å². The number of likely N-dealkylation sites (N-methyl/N-ethyl adjacent to an activating group) is 1. The second-order valence-electron chi connectivity index (χ2n) is 5.47. The average Bonchev–Trinajstić information content (AvgIpc) is 3.00. The summed E-state index contributed by atoms with van der Waals surface area (Å²) >= 11 is 1.57. The van der Waals surface area contributed by atoms with Crippen molar-refractivity contribution in [3.05, 3.63) is 30.6 Å². The summed E-state index contributed by atoms with van der Waals surface area (Å²) in [6.45, 7) is 0.542. The number of amides is 3. The molecule has 0 saturated heterocycles. The molecule has 1 aromatic carbocycles. The molecule has 3 amide bonds. The van der Waals surface area contributed by atoms with Crippen molar-refractivity contribution in [3.8, 4) is 5.75 Å². The van der Waals surface area contributed by atoms with E-state index in [-0.39, 0.29) is 18.5 Å². The third-order valence-electron chi connectivity index (χ3n) is 3.70. The summed E-state index contributed by atoms with van der Waals surface area (Å²) in [7, 11) is 3.61. The van der Waals surface area contributed by atoms with E-state index in [0.29, 0.717) is 29.4 Å². The molecule has 0 bridgehead atoms. The van der Waals surface area contributed by atoms with Crippen molar-refractivity contribution in [2.24, 2.45) is 7.05 Å². The number of nitrogens with one attached hydrogen (secondary N) is 2. The first-order valence-corrected chi connectivity index (χ1v) is 8.71. The molecular formula is C16H19N5O3S. The van der Waals surface area contributed by atoms with Crippen LogP contribution in [0.4, 0.5) is 16.2 Å². The second kappa shape index (κ2) is 7.47. The third-order valence-corrected chi connectivity index (χ3v) is 4.76. The summed E-state index contributed by atoms with van der Waals surface area (Å²) < 4.78 is 7.29. The second-order valence-corrected chi connectivity index (χ2v) is 6.54. The van der Waals surface area contributed by atoms with Gasteiger partial charge in [0.2, 0.25) is 0 Å². The number of aromatic nitrogens is 2. The number of fused-ring (bicyclic) bond motifs is 1. The molecule has 2 N–H and O–H groups in total. The molecule has 1 aliphatic rings. The number of benzene rings is 1. The number of aryl methyl sites for hydroxylation is 1. The molecule has 9 heteroatoms. The topological polar surface area (TPSA) is 88.5 Å². The number of hydrogen-bond acceptors (Lipinski definition) is 5. The minimum absolute atomic E-state index is 0.0322. The van der Waals surface area contributed by atoms with Crippen LogP contribution in [0.25, 0.3) is 0 Å². The van der Waals surface area contributed by atoms with Gasteiger partial charge < -0.3 is 24.8 Å². The average molecular weight is 361 g/mol. The molecule has 25 heavy (non-hydrogen) atoms. The molecule has 0 saturated carbocycles. The summed E-state index contributed by atoms with van der Waals surface area (Å²) in [5.41, 5.74) is 1.23. The Balaban J connectivity index is 1.50. The molecule has 0 unspecified atom stereocenters. The van der Waals surface area contributed by atoms with Crippen LogP contribution < -0.4 is 20.3 Å². The van der Waals surface area contributed by atoms with E-state index in [2.05, 4.69) is 15.6 Å². The fraction of sp³-hybridized carbons (Fsp3) is 0.312. The van der Waals surface area contributed by atoms with Crippen LogP contribution in [0.2, 0.25) is 0 Å². The molecule has 0 aliphatic carbocycles. The lowest BCUT2D eigenvalue weighted by atomic mass is 10.2. The first-order valence-electron chi connectivity index (χ1n) is 7.73. The Morgan fingerprint density at radius 3 is 3.00 bits per heavy atom. The zero-order valence-electron chi connectivity index (χ0n) is 14.0. The van der Waals surface area contributed by atoms with E-state index < -0.39 is 0 Å². The van der Waals surface area contributed by atoms with Gasteiger partial charge in [-0.1, -0.05) is 11.8 Å². The SMILES string of the molecule is CN1C(=O)COc2ccc(NC(=O)NCCSc3nccn3C)cc21. The highest BCUT2D eigenvalue weighted by atomic mass is 32.2. The van der Waals surface area contributed by atoms with Gasteiger partial charge in [0.15, 0.2) is 11.8 Å². The number of rotatable bonds is 5. The van der Waals surface area contributed by atoms with Gasteiger partial charge in [0.25, 0.3) is 5.91 Å². The van der Waals surface area contributed by atoms with Gasteiger partial charge >= 0.3 is 6.03 Å². The van der Waals surface area contributed by atoms with Gasteiger partial charge in [0, 0.05) is 44.5 Å². The lowest BCUT2D eigenvalue weighted by Gasteiger charge is -2.26. The molecule has 0 radical (unpaired) electrons. The standard InChI is InChI=1S/C16H19N5O3S/c1-20-7-5-18-16(20)25-8-6-17-15(23)19-11-3-4-13-12(9-11)21(2)14(22)10-24-13/h3-5,7,9H,6,8,10H2,1-2H3,(H2,17,19,23). The van der Waals surface area contributed by atoms with Crippen molar-refractivity contribution < 1.29 is 14.3 Å². The van der Waals surface area contributed by atoms with E-state index in [1.54, 1.807) is 43.2 Å². The lowest BCUT2D eigenvalue weighted by Crippen LogP contribution is -2.35. The summed E-state index contributed by atoms with van der Waals surface area (Å²) in [5, 5.41) is 6.46. The largest absolute Gasteiger partial charge is 0.482 e. The minimum Gasteiger partial charge on any atom is -0.482 e. The Morgan fingerprint density at radius 1 is 1.40 bits per heavy atom. The fourth-order valence-corrected chi connectivity index (χ4v) is 3.11. The number of urea groups is 1. The van der Waals surface area contributed by atoms with Crippen LogP contribution in [-0.2, 0) is 11.8 Å². The smallest absolute Gasteiger partial charge is 0.319 e. The molecule has 2 aromatic rings. The zero-order chi connectivity index (χ0) is 17.8. The highest BCUT2D eigenvalue weighted by molar-refractivity contribution is 7.99. The zero-order valence-corrected chi connectivity index (χ0v) is 14.8. The van der Waals surface area contributed by atoms with Gasteiger partial charge in [0.1, 0.15) is 5.75 Å². The number of anilines is 2. The van der Waals surface area contributed by atoms with Gasteiger partial charge in [-0.15, -0.1) is 0 Å². The maximum Gasteiger partial charge on any atom is 0.319 e. The van der Waals surface area contributed by atoms with Gasteiger partial charge in [-0.05, 0) is 18.2 Å². The number of ether oxygens (including phenoxy) is 1. The Bertz CT molecular complexity index is 792. The normalized spacial score (nSPS) is 13.2. The quantitative estimate of drug-likeness (QED) is 0.625. The van der Waals surface area contributed by atoms with Crippen molar-refractivity contribution >= 4 is 35.1 Å². The van der Waals surface area contributed by atoms with Crippen LogP contribution in [-0.4, -0.2) is 47.4 Å².